The number of nitrogens with zero attached hydrogens (tertiary/aromatic N) is 4. The minimum atomic E-state index is 0.809. The quantitative estimate of drug-likeness (QED) is 0.249. The molecule has 0 spiro atoms. The van der Waals surface area contributed by atoms with E-state index < -0.39 is 0 Å². The molecule has 0 fully saturated rings. The van der Waals surface area contributed by atoms with Gasteiger partial charge in [0.15, 0.2) is 0 Å². The summed E-state index contributed by atoms with van der Waals surface area (Å²) in [6, 6.07) is 21.9. The van der Waals surface area contributed by atoms with Crippen molar-refractivity contribution in [3.63, 3.8) is 0 Å². The van der Waals surface area contributed by atoms with E-state index in [2.05, 4.69) is 114 Å². The van der Waals surface area contributed by atoms with Crippen LogP contribution in [0.1, 0.15) is 17.0 Å². The zero-order chi connectivity index (χ0) is 24.2. The number of allylic oxidation sites excluding steroid dienone is 4. The first-order valence-electron chi connectivity index (χ1n) is 12.1. The number of aromatic nitrogens is 2. The number of fused-ring (bicyclic) bond motifs is 3. The Bertz CT molecular complexity index is 1670. The van der Waals surface area contributed by atoms with E-state index in [-0.39, 0.29) is 0 Å². The monoisotopic (exact) mass is 504 g/mol. The van der Waals surface area contributed by atoms with Crippen LogP contribution >= 0.6 is 22.7 Å². The number of hydrogen-bond donors (Lipinski definition) is 0. The molecule has 0 amide bonds. The molecule has 3 aromatic carbocycles. The zero-order valence-electron chi connectivity index (χ0n) is 20.1. The maximum absolute atomic E-state index is 4.95. The fraction of sp³-hybridized carbons (Fsp3) is 0.133. The highest BCUT2D eigenvalue weighted by Crippen LogP contribution is 2.41. The number of aryl methyl sites for hydroxylation is 1. The molecule has 36 heavy (non-hydrogen) atoms. The standard InChI is InChI=1S/C30H24N4S2/c1-19-31-22-16-29-23(17-28(22)35-19)32-30(36-29)21-14-12-20(13-15-21)18-34-26-10-5-3-4-8-24(26)33(2)25-9-6-7-11-27(25)34/h4-17H,3,18H2,1-2H3. The van der Waals surface area contributed by atoms with Crippen LogP contribution < -0.4 is 9.80 Å². The van der Waals surface area contributed by atoms with Crippen molar-refractivity contribution in [1.29, 1.82) is 0 Å². The summed E-state index contributed by atoms with van der Waals surface area (Å²) in [4.78, 5) is 14.3. The molecular formula is C30H24N4S2. The first-order valence-corrected chi connectivity index (χ1v) is 13.7. The normalized spacial score (nSPS) is 15.1. The molecule has 0 saturated carbocycles. The molecule has 176 valence electrons. The summed E-state index contributed by atoms with van der Waals surface area (Å²) in [6.45, 7) is 2.86. The second-order valence-corrected chi connectivity index (χ2v) is 11.4. The van der Waals surface area contributed by atoms with Gasteiger partial charge in [-0.25, -0.2) is 9.97 Å². The van der Waals surface area contributed by atoms with E-state index >= 15 is 0 Å². The Morgan fingerprint density at radius 3 is 2.31 bits per heavy atom. The van der Waals surface area contributed by atoms with E-state index in [1.165, 1.54) is 37.7 Å². The summed E-state index contributed by atoms with van der Waals surface area (Å²) in [5.74, 6) is 0. The molecule has 5 aromatic rings. The summed E-state index contributed by atoms with van der Waals surface area (Å²) in [6.07, 6.45) is 9.93. The second-order valence-electron chi connectivity index (χ2n) is 9.18. The predicted molar refractivity (Wildman–Crippen MR) is 154 cm³/mol. The van der Waals surface area contributed by atoms with Crippen molar-refractivity contribution >= 4 is 54.5 Å². The lowest BCUT2D eigenvalue weighted by Crippen LogP contribution is -2.33. The molecule has 0 radical (unpaired) electrons. The van der Waals surface area contributed by atoms with E-state index in [0.29, 0.717) is 0 Å². The lowest BCUT2D eigenvalue weighted by molar-refractivity contribution is 0.887. The topological polar surface area (TPSA) is 32.3 Å². The Hall–Kier alpha value is -3.74. The molecular weight excluding hydrogens is 480 g/mol. The molecule has 0 unspecified atom stereocenters. The van der Waals surface area contributed by atoms with Gasteiger partial charge < -0.3 is 9.80 Å². The summed E-state index contributed by atoms with van der Waals surface area (Å²) in [5.41, 5.74) is 9.49. The number of likely N-dealkylation sites (N-methyl/N-ethyl adjacent to an activating group) is 1. The average molecular weight is 505 g/mol. The van der Waals surface area contributed by atoms with Crippen molar-refractivity contribution in [2.24, 2.45) is 0 Å². The van der Waals surface area contributed by atoms with Crippen molar-refractivity contribution in [2.45, 2.75) is 19.9 Å². The fourth-order valence-electron chi connectivity index (χ4n) is 5.05. The van der Waals surface area contributed by atoms with Gasteiger partial charge in [0.1, 0.15) is 5.01 Å². The fourth-order valence-corrected chi connectivity index (χ4v) is 6.88. The highest BCUT2D eigenvalue weighted by Gasteiger charge is 2.26. The van der Waals surface area contributed by atoms with E-state index in [1.807, 2.05) is 0 Å². The van der Waals surface area contributed by atoms with Gasteiger partial charge in [-0.2, -0.15) is 0 Å². The summed E-state index contributed by atoms with van der Waals surface area (Å²) >= 11 is 3.47. The number of para-hydroxylation sites is 2. The summed E-state index contributed by atoms with van der Waals surface area (Å²) < 4.78 is 2.39. The smallest absolute Gasteiger partial charge is 0.124 e. The Labute approximate surface area is 218 Å². The van der Waals surface area contributed by atoms with Crippen LogP contribution in [-0.4, -0.2) is 17.0 Å². The van der Waals surface area contributed by atoms with Gasteiger partial charge in [0, 0.05) is 19.2 Å². The molecule has 3 heterocycles. The summed E-state index contributed by atoms with van der Waals surface area (Å²) in [7, 11) is 2.16. The Kier molecular flexibility index (Phi) is 5.04. The molecule has 4 nitrogen and oxygen atoms in total. The molecule has 1 aliphatic heterocycles. The minimum Gasteiger partial charge on any atom is -0.341 e. The third kappa shape index (κ3) is 3.56. The molecule has 1 aliphatic carbocycles. The number of rotatable bonds is 3. The molecule has 0 N–H and O–H groups in total. The largest absolute Gasteiger partial charge is 0.341 e. The number of hydrogen-bond acceptors (Lipinski definition) is 6. The summed E-state index contributed by atoms with van der Waals surface area (Å²) in [5, 5.41) is 2.15. The predicted octanol–water partition coefficient (Wildman–Crippen LogP) is 8.07. The third-order valence-corrected chi connectivity index (χ3v) is 8.82. The van der Waals surface area contributed by atoms with Crippen LogP contribution in [0.2, 0.25) is 0 Å². The molecule has 0 bridgehead atoms. The van der Waals surface area contributed by atoms with Gasteiger partial charge in [0.2, 0.25) is 0 Å². The number of benzene rings is 3. The first kappa shape index (κ1) is 21.5. The van der Waals surface area contributed by atoms with Gasteiger partial charge in [-0.3, -0.25) is 0 Å². The van der Waals surface area contributed by atoms with E-state index in [9.17, 15) is 0 Å². The highest BCUT2D eigenvalue weighted by atomic mass is 32.1. The maximum Gasteiger partial charge on any atom is 0.124 e. The lowest BCUT2D eigenvalue weighted by Gasteiger charge is -2.38. The minimum absolute atomic E-state index is 0.809. The second kappa shape index (κ2) is 8.43. The van der Waals surface area contributed by atoms with Crippen LogP contribution in [-0.2, 0) is 6.54 Å². The van der Waals surface area contributed by atoms with Gasteiger partial charge in [0.25, 0.3) is 0 Å². The SMILES string of the molecule is Cc1nc2cc3sc(-c4ccc(CN5C6=C(C=CCC=C6)N(C)c6ccccc65)cc4)nc3cc2s1. The van der Waals surface area contributed by atoms with E-state index in [0.717, 1.165) is 39.6 Å². The first-order chi connectivity index (χ1) is 17.6. The highest BCUT2D eigenvalue weighted by molar-refractivity contribution is 7.22. The van der Waals surface area contributed by atoms with Gasteiger partial charge >= 0.3 is 0 Å². The van der Waals surface area contributed by atoms with Crippen LogP contribution in [0, 0.1) is 6.92 Å². The molecule has 0 atom stereocenters. The van der Waals surface area contributed by atoms with Crippen LogP contribution in [0.3, 0.4) is 0 Å². The van der Waals surface area contributed by atoms with Gasteiger partial charge in [0.05, 0.1) is 48.2 Å². The number of thiazole rings is 2. The Morgan fingerprint density at radius 1 is 0.806 bits per heavy atom. The number of anilines is 2. The van der Waals surface area contributed by atoms with E-state index in [4.69, 9.17) is 4.98 Å². The molecule has 7 rings (SSSR count). The molecule has 0 saturated heterocycles. The maximum atomic E-state index is 4.95. The van der Waals surface area contributed by atoms with Gasteiger partial charge in [-0.1, -0.05) is 48.6 Å². The van der Waals surface area contributed by atoms with Crippen molar-refractivity contribution < 1.29 is 0 Å². The zero-order valence-corrected chi connectivity index (χ0v) is 21.7. The third-order valence-electron chi connectivity index (χ3n) is 6.82. The molecule has 6 heteroatoms. The Morgan fingerprint density at radius 2 is 1.50 bits per heavy atom. The lowest BCUT2D eigenvalue weighted by atomic mass is 10.1. The van der Waals surface area contributed by atoms with Crippen LogP contribution in [0.5, 0.6) is 0 Å². The average Bonchev–Trinajstić information content (AvgIpc) is 3.37. The molecule has 2 aromatic heterocycles. The van der Waals surface area contributed by atoms with Crippen molar-refractivity contribution in [3.8, 4) is 10.6 Å². The Balaban J connectivity index is 1.22. The van der Waals surface area contributed by atoms with Crippen molar-refractivity contribution in [1.82, 2.24) is 9.97 Å². The van der Waals surface area contributed by atoms with Crippen LogP contribution in [0.4, 0.5) is 11.4 Å². The van der Waals surface area contributed by atoms with Crippen molar-refractivity contribution in [2.75, 3.05) is 16.8 Å². The van der Waals surface area contributed by atoms with Crippen LogP contribution in [0.25, 0.3) is 31.0 Å². The van der Waals surface area contributed by atoms with Gasteiger partial charge in [-0.15, -0.1) is 22.7 Å². The van der Waals surface area contributed by atoms with Crippen molar-refractivity contribution in [3.05, 3.63) is 107 Å². The molecule has 2 aliphatic rings. The van der Waals surface area contributed by atoms with E-state index in [1.54, 1.807) is 22.7 Å². The van der Waals surface area contributed by atoms with Gasteiger partial charge in [-0.05, 0) is 55.3 Å². The van der Waals surface area contributed by atoms with Crippen LogP contribution in [0.15, 0.2) is 96.4 Å².